The molecule has 2 heterocycles. The highest BCUT2D eigenvalue weighted by Crippen LogP contribution is 2.27. The van der Waals surface area contributed by atoms with Gasteiger partial charge in [-0.2, -0.15) is 5.10 Å². The lowest BCUT2D eigenvalue weighted by molar-refractivity contribution is -0.115. The summed E-state index contributed by atoms with van der Waals surface area (Å²) < 4.78 is 7.04. The first kappa shape index (κ1) is 22.3. The third-order valence-corrected chi connectivity index (χ3v) is 5.86. The maximum absolute atomic E-state index is 13.0. The van der Waals surface area contributed by atoms with Crippen LogP contribution in [0.5, 0.6) is 5.75 Å². The second-order valence-electron chi connectivity index (χ2n) is 7.49. The van der Waals surface area contributed by atoms with E-state index in [9.17, 15) is 9.59 Å². The molecule has 0 spiro atoms. The number of amides is 2. The number of aryl methyl sites for hydroxylation is 1. The Morgan fingerprint density at radius 2 is 1.91 bits per heavy atom. The summed E-state index contributed by atoms with van der Waals surface area (Å²) in [6.07, 6.45) is 1.72. The molecule has 4 rings (SSSR count). The van der Waals surface area contributed by atoms with E-state index in [0.717, 1.165) is 16.0 Å². The molecule has 2 aromatic carbocycles. The van der Waals surface area contributed by atoms with Crippen LogP contribution >= 0.6 is 11.3 Å². The molecule has 0 aliphatic heterocycles. The third kappa shape index (κ3) is 5.48. The molecule has 0 bridgehead atoms. The quantitative estimate of drug-likeness (QED) is 0.410. The summed E-state index contributed by atoms with van der Waals surface area (Å²) in [4.78, 5) is 26.4. The molecular weight excluding hydrogens is 436 g/mol. The van der Waals surface area contributed by atoms with Crippen LogP contribution in [-0.4, -0.2) is 35.2 Å². The van der Waals surface area contributed by atoms with Crippen LogP contribution in [0, 0.1) is 6.92 Å². The van der Waals surface area contributed by atoms with E-state index >= 15 is 0 Å². The van der Waals surface area contributed by atoms with Crippen LogP contribution in [0.4, 0.5) is 5.69 Å². The Morgan fingerprint density at radius 3 is 2.64 bits per heavy atom. The normalized spacial score (nSPS) is 10.6. The van der Waals surface area contributed by atoms with E-state index in [1.54, 1.807) is 24.1 Å². The molecule has 0 radical (unpaired) electrons. The summed E-state index contributed by atoms with van der Waals surface area (Å²) in [7, 11) is 1.54. The van der Waals surface area contributed by atoms with Crippen molar-refractivity contribution in [3.8, 4) is 16.3 Å². The number of hydrogen-bond acceptors (Lipinski definition) is 5. The average molecular weight is 461 g/mol. The van der Waals surface area contributed by atoms with Crippen molar-refractivity contribution in [2.75, 3.05) is 19.0 Å². The number of ether oxygens (including phenoxy) is 1. The van der Waals surface area contributed by atoms with Gasteiger partial charge in [0.25, 0.3) is 5.91 Å². The lowest BCUT2D eigenvalue weighted by Gasteiger charge is -2.11. The molecule has 0 unspecified atom stereocenters. The second-order valence-corrected chi connectivity index (χ2v) is 8.43. The summed E-state index contributed by atoms with van der Waals surface area (Å²) in [6, 6.07) is 19.3. The SMILES string of the molecule is COc1ccc(C)cc1NC(=O)CNC(=O)c1cn(Cc2ccccc2)nc1-c1cccs1. The van der Waals surface area contributed by atoms with Crippen molar-refractivity contribution in [1.82, 2.24) is 15.1 Å². The Balaban J connectivity index is 1.48. The number of nitrogens with one attached hydrogen (secondary N) is 2. The lowest BCUT2D eigenvalue weighted by Crippen LogP contribution is -2.33. The van der Waals surface area contributed by atoms with Crippen LogP contribution in [0.25, 0.3) is 10.6 Å². The van der Waals surface area contributed by atoms with Crippen molar-refractivity contribution in [1.29, 1.82) is 0 Å². The van der Waals surface area contributed by atoms with E-state index < -0.39 is 0 Å². The first-order valence-electron chi connectivity index (χ1n) is 10.4. The lowest BCUT2D eigenvalue weighted by atomic mass is 10.2. The first-order valence-corrected chi connectivity index (χ1v) is 11.3. The van der Waals surface area contributed by atoms with E-state index in [0.29, 0.717) is 29.2 Å². The molecule has 0 atom stereocenters. The Hall–Kier alpha value is -3.91. The highest BCUT2D eigenvalue weighted by Gasteiger charge is 2.20. The number of benzene rings is 2. The van der Waals surface area contributed by atoms with Crippen molar-refractivity contribution >= 4 is 28.8 Å². The zero-order valence-electron chi connectivity index (χ0n) is 18.4. The number of carbonyl (C=O) groups excluding carboxylic acids is 2. The molecule has 0 fully saturated rings. The number of thiophene rings is 1. The molecule has 7 nitrogen and oxygen atoms in total. The Labute approximate surface area is 196 Å². The molecule has 4 aromatic rings. The van der Waals surface area contributed by atoms with Crippen molar-refractivity contribution in [2.45, 2.75) is 13.5 Å². The van der Waals surface area contributed by atoms with Gasteiger partial charge in [0, 0.05) is 6.20 Å². The van der Waals surface area contributed by atoms with Crippen LogP contribution in [0.2, 0.25) is 0 Å². The summed E-state index contributed by atoms with van der Waals surface area (Å²) in [5.41, 5.74) is 3.65. The maximum Gasteiger partial charge on any atom is 0.255 e. The highest BCUT2D eigenvalue weighted by molar-refractivity contribution is 7.13. The van der Waals surface area contributed by atoms with Gasteiger partial charge in [0.1, 0.15) is 11.4 Å². The number of aromatic nitrogens is 2. The molecule has 0 saturated heterocycles. The van der Waals surface area contributed by atoms with Gasteiger partial charge in [-0.05, 0) is 41.6 Å². The molecule has 2 aromatic heterocycles. The van der Waals surface area contributed by atoms with Crippen LogP contribution < -0.4 is 15.4 Å². The molecule has 0 aliphatic rings. The molecule has 0 aliphatic carbocycles. The number of methoxy groups -OCH3 is 1. The van der Waals surface area contributed by atoms with Crippen LogP contribution in [0.15, 0.2) is 72.2 Å². The van der Waals surface area contributed by atoms with Crippen molar-refractivity contribution in [3.63, 3.8) is 0 Å². The maximum atomic E-state index is 13.0. The average Bonchev–Trinajstić information content (AvgIpc) is 3.48. The smallest absolute Gasteiger partial charge is 0.255 e. The fraction of sp³-hybridized carbons (Fsp3) is 0.160. The molecule has 8 heteroatoms. The van der Waals surface area contributed by atoms with Gasteiger partial charge in [-0.25, -0.2) is 0 Å². The van der Waals surface area contributed by atoms with Gasteiger partial charge in [0.15, 0.2) is 0 Å². The van der Waals surface area contributed by atoms with Crippen LogP contribution in [-0.2, 0) is 11.3 Å². The zero-order valence-corrected chi connectivity index (χ0v) is 19.2. The van der Waals surface area contributed by atoms with E-state index in [4.69, 9.17) is 4.74 Å². The molecule has 2 N–H and O–H groups in total. The van der Waals surface area contributed by atoms with Gasteiger partial charge < -0.3 is 15.4 Å². The van der Waals surface area contributed by atoms with E-state index in [1.165, 1.54) is 11.3 Å². The standard InChI is InChI=1S/C25H24N4O3S/c1-17-10-11-21(32-2)20(13-17)27-23(30)14-26-25(31)19-16-29(15-18-7-4-3-5-8-18)28-24(19)22-9-6-12-33-22/h3-13,16H,14-15H2,1-2H3,(H,26,31)(H,27,30). The monoisotopic (exact) mass is 460 g/mol. The molecule has 2 amide bonds. The number of rotatable bonds is 8. The predicted octanol–water partition coefficient (Wildman–Crippen LogP) is 4.35. The Bertz CT molecular complexity index is 1250. The second kappa shape index (κ2) is 10.1. The Kier molecular flexibility index (Phi) is 6.85. The van der Waals surface area contributed by atoms with Gasteiger partial charge in [0.05, 0.1) is 36.3 Å². The predicted molar refractivity (Wildman–Crippen MR) is 130 cm³/mol. The van der Waals surface area contributed by atoms with Gasteiger partial charge in [-0.3, -0.25) is 14.3 Å². The van der Waals surface area contributed by atoms with Gasteiger partial charge >= 0.3 is 0 Å². The fourth-order valence-corrected chi connectivity index (χ4v) is 4.13. The van der Waals surface area contributed by atoms with Crippen LogP contribution in [0.3, 0.4) is 0 Å². The van der Waals surface area contributed by atoms with Crippen LogP contribution in [0.1, 0.15) is 21.5 Å². The Morgan fingerprint density at radius 1 is 1.09 bits per heavy atom. The molecular formula is C25H24N4O3S. The molecule has 33 heavy (non-hydrogen) atoms. The van der Waals surface area contributed by atoms with E-state index in [-0.39, 0.29) is 18.4 Å². The minimum Gasteiger partial charge on any atom is -0.495 e. The fourth-order valence-electron chi connectivity index (χ4n) is 3.40. The zero-order chi connectivity index (χ0) is 23.2. The minimum absolute atomic E-state index is 0.177. The van der Waals surface area contributed by atoms with Crippen molar-refractivity contribution in [2.24, 2.45) is 0 Å². The number of hydrogen-bond donors (Lipinski definition) is 2. The van der Waals surface area contributed by atoms with Gasteiger partial charge in [-0.15, -0.1) is 11.3 Å². The molecule has 168 valence electrons. The minimum atomic E-state index is -0.357. The third-order valence-electron chi connectivity index (χ3n) is 4.99. The van der Waals surface area contributed by atoms with Crippen molar-refractivity contribution < 1.29 is 14.3 Å². The summed E-state index contributed by atoms with van der Waals surface area (Å²) in [5.74, 6) is -0.145. The largest absolute Gasteiger partial charge is 0.495 e. The summed E-state index contributed by atoms with van der Waals surface area (Å²) >= 11 is 1.51. The number of anilines is 1. The summed E-state index contributed by atoms with van der Waals surface area (Å²) in [6.45, 7) is 2.29. The van der Waals surface area contributed by atoms with Gasteiger partial charge in [0.2, 0.25) is 5.91 Å². The number of carbonyl (C=O) groups is 2. The van der Waals surface area contributed by atoms with Gasteiger partial charge in [-0.1, -0.05) is 42.5 Å². The van der Waals surface area contributed by atoms with E-state index in [2.05, 4.69) is 15.7 Å². The summed E-state index contributed by atoms with van der Waals surface area (Å²) in [5, 5.41) is 12.1. The first-order chi connectivity index (χ1) is 16.0. The topological polar surface area (TPSA) is 85.3 Å². The van der Waals surface area contributed by atoms with Crippen molar-refractivity contribution in [3.05, 3.63) is 88.9 Å². The molecule has 0 saturated carbocycles. The number of nitrogens with zero attached hydrogens (tertiary/aromatic N) is 2. The highest BCUT2D eigenvalue weighted by atomic mass is 32.1. The van der Waals surface area contributed by atoms with E-state index in [1.807, 2.05) is 66.9 Å².